The second-order valence-electron chi connectivity index (χ2n) is 3.71. The summed E-state index contributed by atoms with van der Waals surface area (Å²) in [6.45, 7) is 4.91. The highest BCUT2D eigenvalue weighted by Crippen LogP contribution is 2.14. The molecule has 6 heteroatoms. The number of nitrogens with two attached hydrogens (primary N) is 1. The topological polar surface area (TPSA) is 82.2 Å². The fourth-order valence-electron chi connectivity index (χ4n) is 1.52. The van der Waals surface area contributed by atoms with Crippen LogP contribution in [0.15, 0.2) is 18.2 Å². The highest BCUT2D eigenvalue weighted by Gasteiger charge is 2.11. The van der Waals surface area contributed by atoms with E-state index in [1.54, 1.807) is 4.90 Å². The van der Waals surface area contributed by atoms with Crippen LogP contribution < -0.4 is 11.1 Å². The number of nitrogens with one attached hydrogen (secondary N) is 2. The van der Waals surface area contributed by atoms with Gasteiger partial charge in [-0.05, 0) is 32.0 Å². The Morgan fingerprint density at radius 1 is 1.44 bits per heavy atom. The number of anilines is 1. The van der Waals surface area contributed by atoms with Crippen LogP contribution in [0.1, 0.15) is 19.4 Å². The highest BCUT2D eigenvalue weighted by molar-refractivity contribution is 5.97. The first-order chi connectivity index (χ1) is 8.49. The number of urea groups is 1. The van der Waals surface area contributed by atoms with Gasteiger partial charge in [0.25, 0.3) is 0 Å². The summed E-state index contributed by atoms with van der Waals surface area (Å²) in [4.78, 5) is 13.4. The number of carbonyl (C=O) groups is 1. The second kappa shape index (κ2) is 6.00. The maximum Gasteiger partial charge on any atom is 0.321 e. The van der Waals surface area contributed by atoms with Crippen LogP contribution in [-0.2, 0) is 0 Å². The van der Waals surface area contributed by atoms with Crippen molar-refractivity contribution in [1.82, 2.24) is 4.90 Å². The lowest BCUT2D eigenvalue weighted by atomic mass is 10.1. The standard InChI is InChI=1S/C12H17FN4O/c1-3-17(4-2)12(18)16-8-5-6-10(13)9(7-8)11(14)15/h5-7H,3-4H2,1-2H3,(H3,14,15)(H,16,18). The number of amides is 2. The average molecular weight is 252 g/mol. The molecule has 0 fully saturated rings. The number of benzene rings is 1. The van der Waals surface area contributed by atoms with Gasteiger partial charge in [-0.25, -0.2) is 9.18 Å². The fraction of sp³-hybridized carbons (Fsp3) is 0.333. The summed E-state index contributed by atoms with van der Waals surface area (Å²) < 4.78 is 13.3. The Morgan fingerprint density at radius 3 is 2.56 bits per heavy atom. The highest BCUT2D eigenvalue weighted by atomic mass is 19.1. The van der Waals surface area contributed by atoms with Crippen LogP contribution in [-0.4, -0.2) is 29.9 Å². The molecule has 1 aromatic carbocycles. The fourth-order valence-corrected chi connectivity index (χ4v) is 1.52. The Balaban J connectivity index is 2.89. The molecular formula is C12H17FN4O. The van der Waals surface area contributed by atoms with Crippen molar-refractivity contribution in [3.8, 4) is 0 Å². The lowest BCUT2D eigenvalue weighted by Crippen LogP contribution is -2.34. The Bertz CT molecular complexity index is 457. The number of halogens is 1. The van der Waals surface area contributed by atoms with Crippen molar-refractivity contribution in [3.63, 3.8) is 0 Å². The van der Waals surface area contributed by atoms with E-state index in [-0.39, 0.29) is 17.4 Å². The molecule has 0 aliphatic carbocycles. The molecule has 0 atom stereocenters. The first kappa shape index (κ1) is 14.0. The summed E-state index contributed by atoms with van der Waals surface area (Å²) in [5.74, 6) is -0.949. The third kappa shape index (κ3) is 3.19. The zero-order valence-corrected chi connectivity index (χ0v) is 10.5. The van der Waals surface area contributed by atoms with E-state index in [0.717, 1.165) is 0 Å². The van der Waals surface area contributed by atoms with Gasteiger partial charge in [-0.2, -0.15) is 0 Å². The van der Waals surface area contributed by atoms with Crippen LogP contribution in [0.25, 0.3) is 0 Å². The summed E-state index contributed by atoms with van der Waals surface area (Å²) in [6, 6.07) is 3.69. The van der Waals surface area contributed by atoms with Gasteiger partial charge in [0.05, 0.1) is 5.56 Å². The molecule has 0 aliphatic heterocycles. The number of hydrogen-bond acceptors (Lipinski definition) is 2. The van der Waals surface area contributed by atoms with Gasteiger partial charge in [-0.3, -0.25) is 5.41 Å². The molecule has 1 rings (SSSR count). The molecule has 0 heterocycles. The number of rotatable bonds is 4. The van der Waals surface area contributed by atoms with E-state index in [9.17, 15) is 9.18 Å². The van der Waals surface area contributed by atoms with Gasteiger partial charge < -0.3 is 16.0 Å². The normalized spacial score (nSPS) is 9.94. The van der Waals surface area contributed by atoms with E-state index in [4.69, 9.17) is 11.1 Å². The minimum Gasteiger partial charge on any atom is -0.384 e. The first-order valence-corrected chi connectivity index (χ1v) is 5.69. The summed E-state index contributed by atoms with van der Waals surface area (Å²) in [6.07, 6.45) is 0. The van der Waals surface area contributed by atoms with Gasteiger partial charge in [0.2, 0.25) is 0 Å². The molecule has 0 unspecified atom stereocenters. The zero-order chi connectivity index (χ0) is 13.7. The third-order valence-corrected chi connectivity index (χ3v) is 2.56. The van der Waals surface area contributed by atoms with Crippen molar-refractivity contribution in [1.29, 1.82) is 5.41 Å². The summed E-state index contributed by atoms with van der Waals surface area (Å²) >= 11 is 0. The molecule has 0 spiro atoms. The molecule has 4 N–H and O–H groups in total. The number of nitrogens with zero attached hydrogens (tertiary/aromatic N) is 1. The second-order valence-corrected chi connectivity index (χ2v) is 3.71. The Labute approximate surface area is 105 Å². The van der Waals surface area contributed by atoms with E-state index < -0.39 is 5.82 Å². The summed E-state index contributed by atoms with van der Waals surface area (Å²) in [5.41, 5.74) is 5.64. The number of carbonyl (C=O) groups excluding carboxylic acids is 1. The predicted molar refractivity (Wildman–Crippen MR) is 69.4 cm³/mol. The molecule has 98 valence electrons. The van der Waals surface area contributed by atoms with Crippen LogP contribution in [0.2, 0.25) is 0 Å². The van der Waals surface area contributed by atoms with E-state index >= 15 is 0 Å². The van der Waals surface area contributed by atoms with Gasteiger partial charge in [-0.15, -0.1) is 0 Å². The van der Waals surface area contributed by atoms with Gasteiger partial charge in [0.1, 0.15) is 11.7 Å². The van der Waals surface area contributed by atoms with Gasteiger partial charge in [-0.1, -0.05) is 0 Å². The number of nitrogen functional groups attached to an aromatic ring is 1. The van der Waals surface area contributed by atoms with Crippen LogP contribution in [0.4, 0.5) is 14.9 Å². The number of hydrogen-bond donors (Lipinski definition) is 3. The molecule has 0 radical (unpaired) electrons. The Kier molecular flexibility index (Phi) is 4.65. The number of amidine groups is 1. The van der Waals surface area contributed by atoms with E-state index in [0.29, 0.717) is 18.8 Å². The zero-order valence-electron chi connectivity index (χ0n) is 10.5. The molecule has 5 nitrogen and oxygen atoms in total. The van der Waals surface area contributed by atoms with Gasteiger partial charge in [0, 0.05) is 18.8 Å². The minimum absolute atomic E-state index is 0.0210. The smallest absolute Gasteiger partial charge is 0.321 e. The van der Waals surface area contributed by atoms with Crippen LogP contribution in [0.5, 0.6) is 0 Å². The van der Waals surface area contributed by atoms with Crippen molar-refractivity contribution < 1.29 is 9.18 Å². The largest absolute Gasteiger partial charge is 0.384 e. The predicted octanol–water partition coefficient (Wildman–Crippen LogP) is 1.98. The molecule has 1 aromatic rings. The SMILES string of the molecule is CCN(CC)C(=O)Nc1ccc(F)c(C(=N)N)c1. The molecule has 18 heavy (non-hydrogen) atoms. The third-order valence-electron chi connectivity index (χ3n) is 2.56. The van der Waals surface area contributed by atoms with Crippen LogP contribution in [0, 0.1) is 11.2 Å². The van der Waals surface area contributed by atoms with Crippen molar-refractivity contribution in [3.05, 3.63) is 29.6 Å². The lowest BCUT2D eigenvalue weighted by Gasteiger charge is -2.19. The van der Waals surface area contributed by atoms with Crippen LogP contribution >= 0.6 is 0 Å². The monoisotopic (exact) mass is 252 g/mol. The summed E-state index contributed by atoms with van der Waals surface area (Å²) in [5, 5.41) is 9.86. The molecule has 0 aromatic heterocycles. The molecule has 2 amide bonds. The van der Waals surface area contributed by atoms with Gasteiger partial charge in [0.15, 0.2) is 0 Å². The molecule has 0 bridgehead atoms. The molecule has 0 saturated heterocycles. The van der Waals surface area contributed by atoms with Crippen molar-refractivity contribution in [2.75, 3.05) is 18.4 Å². The quantitative estimate of drug-likeness (QED) is 0.565. The van der Waals surface area contributed by atoms with Crippen LogP contribution in [0.3, 0.4) is 0 Å². The maximum atomic E-state index is 13.3. The minimum atomic E-state index is -0.580. The maximum absolute atomic E-state index is 13.3. The van der Waals surface area contributed by atoms with Gasteiger partial charge >= 0.3 is 6.03 Å². The average Bonchev–Trinajstić information content (AvgIpc) is 2.32. The molecule has 0 saturated carbocycles. The van der Waals surface area contributed by atoms with Crippen molar-refractivity contribution in [2.24, 2.45) is 5.73 Å². The Hall–Kier alpha value is -2.11. The molecule has 0 aliphatic rings. The first-order valence-electron chi connectivity index (χ1n) is 5.69. The Morgan fingerprint density at radius 2 is 2.06 bits per heavy atom. The lowest BCUT2D eigenvalue weighted by molar-refractivity contribution is 0.217. The van der Waals surface area contributed by atoms with Crippen molar-refractivity contribution in [2.45, 2.75) is 13.8 Å². The summed E-state index contributed by atoms with van der Waals surface area (Å²) in [7, 11) is 0. The van der Waals surface area contributed by atoms with E-state index in [1.165, 1.54) is 18.2 Å². The van der Waals surface area contributed by atoms with E-state index in [1.807, 2.05) is 13.8 Å². The van der Waals surface area contributed by atoms with E-state index in [2.05, 4.69) is 5.32 Å². The van der Waals surface area contributed by atoms with Crippen molar-refractivity contribution >= 4 is 17.6 Å². The molecular weight excluding hydrogens is 235 g/mol.